The Morgan fingerprint density at radius 3 is 0.934 bits per heavy atom. The van der Waals surface area contributed by atoms with Crippen LogP contribution in [0.1, 0.15) is 215 Å². The zero-order valence-corrected chi connectivity index (χ0v) is 57.0. The van der Waals surface area contributed by atoms with Crippen LogP contribution in [0.4, 0.5) is 0 Å². The van der Waals surface area contributed by atoms with Crippen molar-refractivity contribution in [3.8, 4) is 77.9 Å². The van der Waals surface area contributed by atoms with E-state index in [0.29, 0.717) is 22.7 Å². The standard InChI is InChI=1S/C91H90/c1-47-33-53-39-77(85(53,3)4)81(47)51-27-31-59-57-29-25-49(35-69(57)87(7,8)71(59)37-51)63-41-79-83(61-23-19-17-21-55(61)63)67-45-73-65(43-75(67)90(79,13)14)66-44-76-68(46-74(66)89(73,11)12)84-62-24-20-18-22-56(62)64(42-80(84)91(76,15)16)50-26-30-58-60-32-28-52(38-72(60)88(9,10)70(58)36-50)82-48(2)34-54-40-78(82)86(54,5)6/h17-32,35-38,41-48,53-54,77-78,81-82H,33-34,39-40H2,1-16H3/t47?,48?,53-,54-,77-,78-,81?,82?/m0/s1. The SMILES string of the molecule is CC1C[C@H]2C[C@@H](C1c1ccc3c(c1)C(C)(C)c1cc(-c4cc5c(c6ccccc46)-c4cc6c(cc4C5(C)C)-c4cc5c(cc4C6(C)C)-c4c(cc(-c6ccc7c(c6)C(C)(C)c6cc(C8C(C)C[C@H]9C[C@@H]8C9(C)C)ccc6-7)c6ccccc46)C5(C)C)ccc1-3)C2(C)C. The molecule has 6 saturated carbocycles. The molecule has 11 aliphatic carbocycles. The molecule has 11 aliphatic rings. The van der Waals surface area contributed by atoms with Crippen molar-refractivity contribution in [2.75, 3.05) is 0 Å². The molecule has 10 aromatic rings. The molecule has 0 aliphatic heterocycles. The van der Waals surface area contributed by atoms with E-state index in [9.17, 15) is 0 Å². The average molecular weight is 1180 g/mol. The van der Waals surface area contributed by atoms with Crippen molar-refractivity contribution in [1.29, 1.82) is 0 Å². The van der Waals surface area contributed by atoms with Gasteiger partial charge < -0.3 is 0 Å². The minimum atomic E-state index is -0.218. The lowest BCUT2D eigenvalue weighted by Crippen LogP contribution is -2.54. The highest BCUT2D eigenvalue weighted by Crippen LogP contribution is 2.69. The van der Waals surface area contributed by atoms with Gasteiger partial charge in [-0.15, -0.1) is 0 Å². The molecule has 4 unspecified atom stereocenters. The van der Waals surface area contributed by atoms with Crippen molar-refractivity contribution in [3.05, 3.63) is 224 Å². The van der Waals surface area contributed by atoms with E-state index in [4.69, 9.17) is 0 Å². The molecule has 6 fully saturated rings. The molecule has 454 valence electrons. The van der Waals surface area contributed by atoms with Gasteiger partial charge in [0.25, 0.3) is 0 Å². The van der Waals surface area contributed by atoms with Gasteiger partial charge in [-0.2, -0.15) is 0 Å². The highest BCUT2D eigenvalue weighted by Gasteiger charge is 2.59. The molecule has 21 rings (SSSR count). The van der Waals surface area contributed by atoms with E-state index in [2.05, 4.69) is 269 Å². The molecule has 0 heterocycles. The Morgan fingerprint density at radius 2 is 0.560 bits per heavy atom. The Morgan fingerprint density at radius 1 is 0.264 bits per heavy atom. The molecule has 0 heteroatoms. The molecule has 0 nitrogen and oxygen atoms in total. The molecule has 91 heavy (non-hydrogen) atoms. The summed E-state index contributed by atoms with van der Waals surface area (Å²) in [7, 11) is 0. The quantitative estimate of drug-likeness (QED) is 0.165. The summed E-state index contributed by atoms with van der Waals surface area (Å²) < 4.78 is 0. The number of fused-ring (bicyclic) bond motifs is 23. The van der Waals surface area contributed by atoms with Crippen molar-refractivity contribution in [3.63, 3.8) is 0 Å². The predicted molar refractivity (Wildman–Crippen MR) is 384 cm³/mol. The van der Waals surface area contributed by atoms with Gasteiger partial charge in [-0.25, -0.2) is 0 Å². The average Bonchev–Trinajstić information content (AvgIpc) is 1.56. The molecule has 0 aromatic heterocycles. The van der Waals surface area contributed by atoms with E-state index in [0.717, 1.165) is 35.5 Å². The largest absolute Gasteiger partial charge is 0.0619 e. The highest BCUT2D eigenvalue weighted by molar-refractivity contribution is 6.12. The van der Waals surface area contributed by atoms with E-state index in [1.807, 2.05) is 0 Å². The van der Waals surface area contributed by atoms with Crippen LogP contribution in [-0.4, -0.2) is 0 Å². The molecular weight excluding hydrogens is 1090 g/mol. The van der Waals surface area contributed by atoms with Gasteiger partial charge in [0.15, 0.2) is 0 Å². The third kappa shape index (κ3) is 6.74. The molecule has 0 N–H and O–H groups in total. The first-order valence-corrected chi connectivity index (χ1v) is 35.3. The third-order valence-corrected chi connectivity index (χ3v) is 28.6. The lowest BCUT2D eigenvalue weighted by molar-refractivity contribution is -0.104. The first kappa shape index (κ1) is 55.4. The van der Waals surface area contributed by atoms with Crippen molar-refractivity contribution < 1.29 is 0 Å². The minimum absolute atomic E-state index is 0.0996. The summed E-state index contributed by atoms with van der Waals surface area (Å²) in [6.07, 6.45) is 5.54. The fourth-order valence-corrected chi connectivity index (χ4v) is 22.9. The highest BCUT2D eigenvalue weighted by atomic mass is 14.6. The number of rotatable bonds is 4. The number of benzene rings is 10. The molecule has 0 amide bonds. The maximum absolute atomic E-state index is 2.65. The first-order chi connectivity index (χ1) is 43.2. The molecule has 8 atom stereocenters. The zero-order chi connectivity index (χ0) is 62.7. The second kappa shape index (κ2) is 17.3. The fraction of sp³-hybridized carbons (Fsp3) is 0.385. The molecule has 10 aromatic carbocycles. The predicted octanol–water partition coefficient (Wildman–Crippen LogP) is 24.4. The van der Waals surface area contributed by atoms with E-state index in [-0.39, 0.29) is 27.1 Å². The summed E-state index contributed by atoms with van der Waals surface area (Å²) >= 11 is 0. The van der Waals surface area contributed by atoms with Crippen LogP contribution in [0.3, 0.4) is 0 Å². The van der Waals surface area contributed by atoms with Crippen LogP contribution in [0.5, 0.6) is 0 Å². The van der Waals surface area contributed by atoms with Crippen molar-refractivity contribution in [1.82, 2.24) is 0 Å². The van der Waals surface area contributed by atoms with Crippen LogP contribution in [0.2, 0.25) is 0 Å². The summed E-state index contributed by atoms with van der Waals surface area (Å²) in [5.74, 6) is 6.11. The molecule has 0 spiro atoms. The normalized spacial score (nSPS) is 26.7. The van der Waals surface area contributed by atoms with Gasteiger partial charge in [-0.1, -0.05) is 220 Å². The lowest BCUT2D eigenvalue weighted by atomic mass is 9.42. The summed E-state index contributed by atoms with van der Waals surface area (Å²) in [5.41, 5.74) is 37.3. The van der Waals surface area contributed by atoms with E-state index >= 15 is 0 Å². The van der Waals surface area contributed by atoms with E-state index < -0.39 is 0 Å². The van der Waals surface area contributed by atoms with Gasteiger partial charge in [0.2, 0.25) is 0 Å². The smallest absolute Gasteiger partial charge is 0.0159 e. The van der Waals surface area contributed by atoms with Crippen molar-refractivity contribution in [2.24, 2.45) is 46.3 Å². The Bertz CT molecular complexity index is 4680. The third-order valence-electron chi connectivity index (χ3n) is 28.6. The summed E-state index contributed by atoms with van der Waals surface area (Å²) in [6, 6.07) is 64.8. The monoisotopic (exact) mass is 1180 g/mol. The van der Waals surface area contributed by atoms with E-state index in [1.165, 1.54) is 181 Å². The molecule has 0 saturated heterocycles. The van der Waals surface area contributed by atoms with Gasteiger partial charge in [0, 0.05) is 27.1 Å². The van der Waals surface area contributed by atoms with Crippen LogP contribution in [-0.2, 0) is 27.1 Å². The first-order valence-electron chi connectivity index (χ1n) is 35.3. The molecular formula is C91H90. The topological polar surface area (TPSA) is 0 Å². The summed E-state index contributed by atoms with van der Waals surface area (Å²) in [5, 5.41) is 5.41. The fourth-order valence-electron chi connectivity index (χ4n) is 22.9. The maximum atomic E-state index is 2.65. The van der Waals surface area contributed by atoms with Crippen molar-refractivity contribution >= 4 is 21.5 Å². The summed E-state index contributed by atoms with van der Waals surface area (Å²) in [4.78, 5) is 0. The zero-order valence-electron chi connectivity index (χ0n) is 57.0. The van der Waals surface area contributed by atoms with Crippen LogP contribution in [0.25, 0.3) is 99.4 Å². The van der Waals surface area contributed by atoms with Gasteiger partial charge in [-0.05, 0) is 299 Å². The lowest BCUT2D eigenvalue weighted by Gasteiger charge is -2.62. The van der Waals surface area contributed by atoms with Crippen LogP contribution < -0.4 is 0 Å². The van der Waals surface area contributed by atoms with Gasteiger partial charge in [-0.3, -0.25) is 0 Å². The maximum Gasteiger partial charge on any atom is 0.0159 e. The Kier molecular flexibility index (Phi) is 10.5. The minimum Gasteiger partial charge on any atom is -0.0619 e. The number of hydrogen-bond donors (Lipinski definition) is 0. The molecule has 4 bridgehead atoms. The Balaban J connectivity index is 0.680. The Labute approximate surface area is 542 Å². The van der Waals surface area contributed by atoms with Crippen LogP contribution in [0, 0.1) is 46.3 Å². The van der Waals surface area contributed by atoms with E-state index in [1.54, 1.807) is 11.1 Å². The van der Waals surface area contributed by atoms with Gasteiger partial charge in [0.05, 0.1) is 0 Å². The second-order valence-corrected chi connectivity index (χ2v) is 35.1. The molecule has 0 radical (unpaired) electrons. The van der Waals surface area contributed by atoms with Gasteiger partial charge in [0.1, 0.15) is 0 Å². The summed E-state index contributed by atoms with van der Waals surface area (Å²) in [6.45, 7) is 40.3. The Hall–Kier alpha value is -7.28. The van der Waals surface area contributed by atoms with Crippen LogP contribution in [0.15, 0.2) is 158 Å². The van der Waals surface area contributed by atoms with Gasteiger partial charge >= 0.3 is 0 Å². The van der Waals surface area contributed by atoms with Crippen molar-refractivity contribution in [2.45, 2.75) is 175 Å². The number of hydrogen-bond acceptors (Lipinski definition) is 0. The van der Waals surface area contributed by atoms with Crippen LogP contribution >= 0.6 is 0 Å². The second-order valence-electron chi connectivity index (χ2n) is 35.1.